The minimum absolute atomic E-state index is 0. The first-order chi connectivity index (χ1) is 10.7. The molecule has 1 saturated heterocycles. The van der Waals surface area contributed by atoms with Crippen molar-refractivity contribution >= 4 is 60.5 Å². The minimum atomic E-state index is 0. The summed E-state index contributed by atoms with van der Waals surface area (Å²) in [5, 5.41) is 1.26. The van der Waals surface area contributed by atoms with Crippen molar-refractivity contribution in [1.82, 2.24) is 4.90 Å². The van der Waals surface area contributed by atoms with Gasteiger partial charge in [-0.15, -0.1) is 35.1 Å². The molecular formula is C17H19ClN2OS2. The first-order valence-corrected chi connectivity index (χ1v) is 9.22. The molecule has 2 N–H and O–H groups in total. The Kier molecular flexibility index (Phi) is 4.65. The van der Waals surface area contributed by atoms with Gasteiger partial charge in [-0.05, 0) is 37.9 Å². The molecule has 1 aromatic carbocycles. The van der Waals surface area contributed by atoms with Crippen LogP contribution in [0, 0.1) is 5.92 Å². The third-order valence-electron chi connectivity index (χ3n) is 4.52. The topological polar surface area (TPSA) is 46.3 Å². The largest absolute Gasteiger partial charge is 0.335 e. The van der Waals surface area contributed by atoms with Crippen molar-refractivity contribution in [3.63, 3.8) is 0 Å². The van der Waals surface area contributed by atoms with Gasteiger partial charge >= 0.3 is 0 Å². The van der Waals surface area contributed by atoms with Crippen LogP contribution in [0.25, 0.3) is 19.5 Å². The number of rotatable bonds is 2. The Balaban J connectivity index is 0.00000156. The van der Waals surface area contributed by atoms with Crippen molar-refractivity contribution < 1.29 is 4.79 Å². The van der Waals surface area contributed by atoms with E-state index >= 15 is 0 Å². The number of benzene rings is 1. The molecule has 1 aliphatic rings. The first-order valence-electron chi connectivity index (χ1n) is 7.59. The third kappa shape index (κ3) is 2.76. The number of likely N-dealkylation sites (tertiary alicyclic amines) is 1. The molecule has 3 aromatic rings. The van der Waals surface area contributed by atoms with Gasteiger partial charge in [0.2, 0.25) is 0 Å². The summed E-state index contributed by atoms with van der Waals surface area (Å²) in [5.74, 6) is 0.613. The molecule has 2 unspecified atom stereocenters. The number of nitrogens with two attached hydrogens (primary N) is 1. The normalized spacial score (nSPS) is 21.0. The minimum Gasteiger partial charge on any atom is -0.335 e. The summed E-state index contributed by atoms with van der Waals surface area (Å²) in [7, 11) is 0. The lowest BCUT2D eigenvalue weighted by Gasteiger charge is -2.20. The highest BCUT2D eigenvalue weighted by atomic mass is 35.5. The van der Waals surface area contributed by atoms with Crippen LogP contribution in [0.4, 0.5) is 0 Å². The zero-order valence-electron chi connectivity index (χ0n) is 12.8. The second-order valence-corrected chi connectivity index (χ2v) is 8.18. The Hall–Kier alpha value is -1.14. The number of fused-ring (bicyclic) bond motifs is 3. The molecule has 2 aromatic heterocycles. The average molecular weight is 367 g/mol. The Labute approximate surface area is 149 Å². The molecule has 0 bridgehead atoms. The number of halogens is 1. The average Bonchev–Trinajstić information content (AvgIpc) is 3.18. The molecule has 6 heteroatoms. The predicted molar refractivity (Wildman–Crippen MR) is 102 cm³/mol. The number of hydrogen-bond acceptors (Lipinski definition) is 4. The van der Waals surface area contributed by atoms with Gasteiger partial charge in [0.15, 0.2) is 0 Å². The fourth-order valence-electron chi connectivity index (χ4n) is 3.34. The number of amides is 1. The second kappa shape index (κ2) is 6.40. The van der Waals surface area contributed by atoms with Gasteiger partial charge in [-0.25, -0.2) is 0 Å². The van der Waals surface area contributed by atoms with Crippen LogP contribution in [0.5, 0.6) is 0 Å². The Morgan fingerprint density at radius 1 is 1.30 bits per heavy atom. The molecule has 2 atom stereocenters. The van der Waals surface area contributed by atoms with E-state index in [1.54, 1.807) is 22.7 Å². The van der Waals surface area contributed by atoms with Crippen LogP contribution in [-0.2, 0) is 0 Å². The first kappa shape index (κ1) is 16.7. The van der Waals surface area contributed by atoms with Crippen molar-refractivity contribution in [3.8, 4) is 0 Å². The summed E-state index contributed by atoms with van der Waals surface area (Å²) in [6.45, 7) is 3.58. The molecule has 0 saturated carbocycles. The summed E-state index contributed by atoms with van der Waals surface area (Å²) in [6, 6.07) is 10.8. The van der Waals surface area contributed by atoms with Crippen LogP contribution in [0.2, 0.25) is 0 Å². The van der Waals surface area contributed by atoms with E-state index in [2.05, 4.69) is 37.3 Å². The van der Waals surface area contributed by atoms with Crippen molar-refractivity contribution in [2.75, 3.05) is 13.1 Å². The van der Waals surface area contributed by atoms with E-state index < -0.39 is 0 Å². The van der Waals surface area contributed by atoms with Gasteiger partial charge in [-0.1, -0.05) is 18.2 Å². The summed E-state index contributed by atoms with van der Waals surface area (Å²) < 4.78 is 3.75. The highest BCUT2D eigenvalue weighted by molar-refractivity contribution is 7.33. The van der Waals surface area contributed by atoms with E-state index in [0.717, 1.165) is 17.8 Å². The fourth-order valence-corrected chi connectivity index (χ4v) is 5.82. The highest BCUT2D eigenvalue weighted by Gasteiger charge is 2.32. The van der Waals surface area contributed by atoms with Crippen LogP contribution in [0.1, 0.15) is 23.0 Å². The summed E-state index contributed by atoms with van der Waals surface area (Å²) in [4.78, 5) is 15.7. The number of thiophene rings is 2. The van der Waals surface area contributed by atoms with E-state index in [9.17, 15) is 4.79 Å². The zero-order chi connectivity index (χ0) is 15.3. The van der Waals surface area contributed by atoms with Gasteiger partial charge in [0.25, 0.3) is 5.91 Å². The SMILES string of the molecule is CC1CC(CN)CN1C(=O)c1cc2sc3ccccc3c2s1.Cl. The lowest BCUT2D eigenvalue weighted by atomic mass is 10.1. The molecule has 122 valence electrons. The van der Waals surface area contributed by atoms with Crippen molar-refractivity contribution in [3.05, 3.63) is 35.2 Å². The van der Waals surface area contributed by atoms with Crippen LogP contribution >= 0.6 is 35.1 Å². The van der Waals surface area contributed by atoms with Crippen molar-refractivity contribution in [1.29, 1.82) is 0 Å². The Bertz CT molecular complexity index is 857. The lowest BCUT2D eigenvalue weighted by Crippen LogP contribution is -2.33. The molecule has 0 aliphatic carbocycles. The number of carbonyl (C=O) groups is 1. The molecule has 1 fully saturated rings. The lowest BCUT2D eigenvalue weighted by molar-refractivity contribution is 0.0748. The molecule has 1 amide bonds. The Morgan fingerprint density at radius 3 is 2.83 bits per heavy atom. The maximum Gasteiger partial charge on any atom is 0.264 e. The molecule has 0 spiro atoms. The van der Waals surface area contributed by atoms with Crippen molar-refractivity contribution in [2.24, 2.45) is 11.7 Å². The number of hydrogen-bond donors (Lipinski definition) is 1. The predicted octanol–water partition coefficient (Wildman–Crippen LogP) is 4.35. The van der Waals surface area contributed by atoms with Crippen LogP contribution in [0.3, 0.4) is 0 Å². The monoisotopic (exact) mass is 366 g/mol. The van der Waals surface area contributed by atoms with Gasteiger partial charge in [0.05, 0.1) is 9.58 Å². The van der Waals surface area contributed by atoms with E-state index in [0.29, 0.717) is 12.5 Å². The molecule has 23 heavy (non-hydrogen) atoms. The van der Waals surface area contributed by atoms with E-state index in [1.165, 1.54) is 19.5 Å². The van der Waals surface area contributed by atoms with Gasteiger partial charge in [0, 0.05) is 27.4 Å². The summed E-state index contributed by atoms with van der Waals surface area (Å²) in [6.07, 6.45) is 1.02. The molecule has 1 aliphatic heterocycles. The highest BCUT2D eigenvalue weighted by Crippen LogP contribution is 2.40. The third-order valence-corrected chi connectivity index (χ3v) is 6.92. The van der Waals surface area contributed by atoms with E-state index in [-0.39, 0.29) is 24.4 Å². The zero-order valence-corrected chi connectivity index (χ0v) is 15.3. The van der Waals surface area contributed by atoms with Crippen LogP contribution in [-0.4, -0.2) is 29.9 Å². The quantitative estimate of drug-likeness (QED) is 0.733. The number of nitrogens with zero attached hydrogens (tertiary/aromatic N) is 1. The van der Waals surface area contributed by atoms with E-state index in [1.807, 2.05) is 4.90 Å². The number of carbonyl (C=O) groups excluding carboxylic acids is 1. The molecule has 3 heterocycles. The molecule has 0 radical (unpaired) electrons. The van der Waals surface area contributed by atoms with Crippen molar-refractivity contribution in [2.45, 2.75) is 19.4 Å². The standard InChI is InChI=1S/C17H18N2OS2.ClH/c1-10-6-11(8-18)9-19(10)17(20)15-7-14-16(22-15)12-4-2-3-5-13(12)21-14;/h2-5,7,10-11H,6,8-9,18H2,1H3;1H. The molecular weight excluding hydrogens is 348 g/mol. The molecule has 3 nitrogen and oxygen atoms in total. The Morgan fingerprint density at radius 2 is 2.09 bits per heavy atom. The smallest absolute Gasteiger partial charge is 0.264 e. The fraction of sp³-hybridized carbons (Fsp3) is 0.353. The molecule has 4 rings (SSSR count). The van der Waals surface area contributed by atoms with Crippen LogP contribution in [0.15, 0.2) is 30.3 Å². The second-order valence-electron chi connectivity index (χ2n) is 6.05. The summed E-state index contributed by atoms with van der Waals surface area (Å²) >= 11 is 3.40. The van der Waals surface area contributed by atoms with Gasteiger partial charge in [-0.3, -0.25) is 4.79 Å². The maximum absolute atomic E-state index is 12.8. The van der Waals surface area contributed by atoms with Gasteiger partial charge < -0.3 is 10.6 Å². The van der Waals surface area contributed by atoms with Crippen LogP contribution < -0.4 is 5.73 Å². The van der Waals surface area contributed by atoms with Gasteiger partial charge in [0.1, 0.15) is 0 Å². The van der Waals surface area contributed by atoms with Gasteiger partial charge in [-0.2, -0.15) is 0 Å². The maximum atomic E-state index is 12.8. The summed E-state index contributed by atoms with van der Waals surface area (Å²) in [5.41, 5.74) is 5.77. The van der Waals surface area contributed by atoms with E-state index in [4.69, 9.17) is 5.73 Å².